The van der Waals surface area contributed by atoms with Gasteiger partial charge in [-0.15, -0.1) is 0 Å². The third-order valence-corrected chi connectivity index (χ3v) is 2.49. The van der Waals surface area contributed by atoms with Crippen molar-refractivity contribution in [3.05, 3.63) is 35.1 Å². The minimum Gasteiger partial charge on any atom is -0.271 e. The van der Waals surface area contributed by atoms with Gasteiger partial charge in [0.15, 0.2) is 0 Å². The maximum Gasteiger partial charge on any atom is 0.390 e. The van der Waals surface area contributed by atoms with E-state index in [2.05, 4.69) is 5.43 Å². The molecule has 96 valence electrons. The van der Waals surface area contributed by atoms with Gasteiger partial charge in [-0.1, -0.05) is 6.07 Å². The van der Waals surface area contributed by atoms with Gasteiger partial charge in [0.2, 0.25) is 0 Å². The van der Waals surface area contributed by atoms with Crippen molar-refractivity contribution in [2.24, 2.45) is 5.84 Å². The lowest BCUT2D eigenvalue weighted by Gasteiger charge is -2.18. The van der Waals surface area contributed by atoms with Crippen LogP contribution in [-0.4, -0.2) is 12.2 Å². The van der Waals surface area contributed by atoms with Crippen LogP contribution in [0.4, 0.5) is 17.6 Å². The van der Waals surface area contributed by atoms with Crippen molar-refractivity contribution in [2.75, 3.05) is 0 Å². The van der Waals surface area contributed by atoms with Gasteiger partial charge in [0.25, 0.3) is 0 Å². The van der Waals surface area contributed by atoms with Crippen molar-refractivity contribution in [2.45, 2.75) is 32.0 Å². The molecule has 0 radical (unpaired) electrons. The zero-order valence-corrected chi connectivity index (χ0v) is 9.31. The van der Waals surface area contributed by atoms with E-state index < -0.39 is 24.5 Å². The van der Waals surface area contributed by atoms with Crippen LogP contribution in [0, 0.1) is 12.7 Å². The Hall–Kier alpha value is -1.14. The van der Waals surface area contributed by atoms with E-state index in [0.29, 0.717) is 5.56 Å². The Labute approximate surface area is 96.8 Å². The van der Waals surface area contributed by atoms with Crippen molar-refractivity contribution < 1.29 is 17.6 Å². The summed E-state index contributed by atoms with van der Waals surface area (Å²) in [6.07, 6.45) is -5.29. The van der Waals surface area contributed by atoms with Gasteiger partial charge >= 0.3 is 6.18 Å². The number of aryl methyl sites for hydroxylation is 1. The lowest BCUT2D eigenvalue weighted by molar-refractivity contribution is -0.140. The van der Waals surface area contributed by atoms with Crippen LogP contribution in [0.25, 0.3) is 0 Å². The van der Waals surface area contributed by atoms with E-state index in [4.69, 9.17) is 5.84 Å². The molecule has 0 aromatic heterocycles. The fraction of sp³-hybridized carbons (Fsp3) is 0.455. The molecule has 1 aromatic rings. The van der Waals surface area contributed by atoms with E-state index in [1.807, 2.05) is 0 Å². The molecule has 1 rings (SSSR count). The van der Waals surface area contributed by atoms with Crippen molar-refractivity contribution in [1.82, 2.24) is 5.43 Å². The predicted octanol–water partition coefficient (Wildman–Crippen LogP) is 2.46. The Morgan fingerprint density at radius 2 is 2.00 bits per heavy atom. The highest BCUT2D eigenvalue weighted by Crippen LogP contribution is 2.23. The summed E-state index contributed by atoms with van der Waals surface area (Å²) in [5.74, 6) is 4.61. The van der Waals surface area contributed by atoms with E-state index in [9.17, 15) is 17.6 Å². The number of hydrogen-bond acceptors (Lipinski definition) is 2. The lowest BCUT2D eigenvalue weighted by Crippen LogP contribution is -2.40. The minimum absolute atomic E-state index is 0.0413. The number of alkyl halides is 3. The second kappa shape index (κ2) is 5.46. The van der Waals surface area contributed by atoms with E-state index >= 15 is 0 Å². The molecule has 2 nitrogen and oxygen atoms in total. The van der Waals surface area contributed by atoms with Crippen LogP contribution in [0.1, 0.15) is 17.5 Å². The summed E-state index contributed by atoms with van der Waals surface area (Å²) < 4.78 is 49.6. The van der Waals surface area contributed by atoms with E-state index in [-0.39, 0.29) is 6.42 Å². The molecule has 1 atom stereocenters. The molecule has 1 aromatic carbocycles. The van der Waals surface area contributed by atoms with Gasteiger partial charge in [-0.25, -0.2) is 4.39 Å². The zero-order valence-electron chi connectivity index (χ0n) is 9.31. The smallest absolute Gasteiger partial charge is 0.271 e. The van der Waals surface area contributed by atoms with Crippen LogP contribution in [-0.2, 0) is 6.42 Å². The second-order valence-electron chi connectivity index (χ2n) is 3.96. The third-order valence-electron chi connectivity index (χ3n) is 2.49. The maximum absolute atomic E-state index is 13.0. The Morgan fingerprint density at radius 3 is 2.53 bits per heavy atom. The van der Waals surface area contributed by atoms with Gasteiger partial charge in [0.1, 0.15) is 5.82 Å². The first-order chi connectivity index (χ1) is 7.81. The highest BCUT2D eigenvalue weighted by atomic mass is 19.4. The van der Waals surface area contributed by atoms with Gasteiger partial charge in [0.05, 0.1) is 6.42 Å². The SMILES string of the molecule is Cc1ccc(F)cc1CC(CC(F)(F)F)NN. The number of benzene rings is 1. The summed E-state index contributed by atoms with van der Waals surface area (Å²) in [6, 6.07) is 3.09. The second-order valence-corrected chi connectivity index (χ2v) is 3.96. The van der Waals surface area contributed by atoms with Crippen LogP contribution in [0.15, 0.2) is 18.2 Å². The molecule has 0 saturated carbocycles. The van der Waals surface area contributed by atoms with Gasteiger partial charge in [-0.3, -0.25) is 11.3 Å². The Bertz CT molecular complexity index is 376. The first-order valence-electron chi connectivity index (χ1n) is 5.09. The normalized spacial score (nSPS) is 13.8. The Balaban J connectivity index is 2.77. The zero-order chi connectivity index (χ0) is 13.1. The molecule has 17 heavy (non-hydrogen) atoms. The molecule has 0 aliphatic heterocycles. The fourth-order valence-electron chi connectivity index (χ4n) is 1.59. The van der Waals surface area contributed by atoms with Gasteiger partial charge in [0, 0.05) is 6.04 Å². The van der Waals surface area contributed by atoms with Gasteiger partial charge in [-0.2, -0.15) is 13.2 Å². The molecular weight excluding hydrogens is 236 g/mol. The molecular formula is C11H14F4N2. The molecule has 0 heterocycles. The third kappa shape index (κ3) is 4.70. The lowest BCUT2D eigenvalue weighted by atomic mass is 9.99. The molecule has 0 aliphatic rings. The topological polar surface area (TPSA) is 38.0 Å². The molecule has 1 unspecified atom stereocenters. The first-order valence-corrected chi connectivity index (χ1v) is 5.09. The van der Waals surface area contributed by atoms with E-state index in [0.717, 1.165) is 5.56 Å². The standard InChI is InChI=1S/C11H14F4N2/c1-7-2-3-9(12)4-8(7)5-10(17-16)6-11(13,14)15/h2-4,10,17H,5-6,16H2,1H3. The molecule has 0 bridgehead atoms. The maximum atomic E-state index is 13.0. The van der Waals surface area contributed by atoms with Crippen molar-refractivity contribution >= 4 is 0 Å². The molecule has 0 saturated heterocycles. The fourth-order valence-corrected chi connectivity index (χ4v) is 1.59. The number of hydrazine groups is 1. The highest BCUT2D eigenvalue weighted by Gasteiger charge is 2.31. The van der Waals surface area contributed by atoms with Crippen LogP contribution < -0.4 is 11.3 Å². The number of hydrogen-bond donors (Lipinski definition) is 2. The summed E-state index contributed by atoms with van der Waals surface area (Å²) in [5, 5.41) is 0. The van der Waals surface area contributed by atoms with Crippen LogP contribution in [0.3, 0.4) is 0 Å². The van der Waals surface area contributed by atoms with Gasteiger partial charge in [-0.05, 0) is 36.6 Å². The molecule has 0 fully saturated rings. The largest absolute Gasteiger partial charge is 0.390 e. The van der Waals surface area contributed by atoms with E-state index in [1.165, 1.54) is 18.2 Å². The molecule has 0 aliphatic carbocycles. The highest BCUT2D eigenvalue weighted by molar-refractivity contribution is 5.27. The summed E-state index contributed by atoms with van der Waals surface area (Å²) >= 11 is 0. The molecule has 0 amide bonds. The summed E-state index contributed by atoms with van der Waals surface area (Å²) in [7, 11) is 0. The minimum atomic E-state index is -4.29. The first kappa shape index (κ1) is 13.9. The Morgan fingerprint density at radius 1 is 1.35 bits per heavy atom. The van der Waals surface area contributed by atoms with Crippen molar-refractivity contribution in [1.29, 1.82) is 0 Å². The average Bonchev–Trinajstić information content (AvgIpc) is 2.20. The number of nitrogens with two attached hydrogens (primary N) is 1. The Kier molecular flexibility index (Phi) is 4.47. The molecule has 3 N–H and O–H groups in total. The predicted molar refractivity (Wildman–Crippen MR) is 56.6 cm³/mol. The quantitative estimate of drug-likeness (QED) is 0.489. The van der Waals surface area contributed by atoms with Crippen LogP contribution >= 0.6 is 0 Å². The van der Waals surface area contributed by atoms with Crippen LogP contribution in [0.5, 0.6) is 0 Å². The molecule has 0 spiro atoms. The number of nitrogens with one attached hydrogen (secondary N) is 1. The monoisotopic (exact) mass is 250 g/mol. The summed E-state index contributed by atoms with van der Waals surface area (Å²) in [6.45, 7) is 1.72. The number of halogens is 4. The van der Waals surface area contributed by atoms with E-state index in [1.54, 1.807) is 6.92 Å². The summed E-state index contributed by atoms with van der Waals surface area (Å²) in [5.41, 5.74) is 3.38. The van der Waals surface area contributed by atoms with Crippen molar-refractivity contribution in [3.63, 3.8) is 0 Å². The average molecular weight is 250 g/mol. The van der Waals surface area contributed by atoms with Crippen LogP contribution in [0.2, 0.25) is 0 Å². The summed E-state index contributed by atoms with van der Waals surface area (Å²) in [4.78, 5) is 0. The van der Waals surface area contributed by atoms with Crippen molar-refractivity contribution in [3.8, 4) is 0 Å². The number of rotatable bonds is 4. The molecule has 6 heteroatoms. The van der Waals surface area contributed by atoms with Gasteiger partial charge < -0.3 is 0 Å².